The van der Waals surface area contributed by atoms with E-state index >= 15 is 0 Å². The lowest BCUT2D eigenvalue weighted by atomic mass is 10.0. The Balaban J connectivity index is 2.63. The summed E-state index contributed by atoms with van der Waals surface area (Å²) in [7, 11) is 0. The molecule has 3 N–H and O–H groups in total. The number of carbonyl (C=O) groups excluding carboxylic acids is 1. The lowest BCUT2D eigenvalue weighted by molar-refractivity contribution is -0.146. The van der Waals surface area contributed by atoms with Crippen molar-refractivity contribution in [2.45, 2.75) is 12.1 Å². The Hall–Kier alpha value is -1.65. The second-order valence-electron chi connectivity index (χ2n) is 3.30. The first-order chi connectivity index (χ1) is 7.66. The van der Waals surface area contributed by atoms with Crippen LogP contribution in [-0.2, 0) is 9.53 Å². The number of nitrogens with two attached hydrogens (primary N) is 1. The highest BCUT2D eigenvalue weighted by atomic mass is 16.5. The van der Waals surface area contributed by atoms with Crippen LogP contribution in [0, 0.1) is 0 Å². The van der Waals surface area contributed by atoms with Gasteiger partial charge in [0.2, 0.25) is 0 Å². The van der Waals surface area contributed by atoms with E-state index in [9.17, 15) is 9.90 Å². The summed E-state index contributed by atoms with van der Waals surface area (Å²) in [4.78, 5) is 11.4. The minimum absolute atomic E-state index is 0.0913. The van der Waals surface area contributed by atoms with E-state index in [2.05, 4.69) is 6.58 Å². The molecule has 0 saturated carbocycles. The van der Waals surface area contributed by atoms with Gasteiger partial charge < -0.3 is 15.6 Å². The maximum Gasteiger partial charge on any atom is 0.326 e. The number of hydrogen-bond acceptors (Lipinski definition) is 4. The molecule has 1 aromatic carbocycles. The minimum atomic E-state index is -1.08. The zero-order chi connectivity index (χ0) is 12.0. The Kier molecular flexibility index (Phi) is 4.69. The Bertz CT molecular complexity index is 351. The van der Waals surface area contributed by atoms with Gasteiger partial charge >= 0.3 is 5.97 Å². The molecule has 0 radical (unpaired) electrons. The molecule has 1 aromatic rings. The lowest BCUT2D eigenvalue weighted by Gasteiger charge is -2.17. The van der Waals surface area contributed by atoms with Gasteiger partial charge in [-0.3, -0.25) is 4.79 Å². The van der Waals surface area contributed by atoms with Gasteiger partial charge in [0.1, 0.15) is 18.8 Å². The van der Waals surface area contributed by atoms with Crippen molar-refractivity contribution in [1.29, 1.82) is 0 Å². The summed E-state index contributed by atoms with van der Waals surface area (Å²) in [5.41, 5.74) is 6.16. The van der Waals surface area contributed by atoms with E-state index in [-0.39, 0.29) is 6.61 Å². The van der Waals surface area contributed by atoms with Crippen LogP contribution in [0.1, 0.15) is 11.7 Å². The van der Waals surface area contributed by atoms with Crippen LogP contribution in [0.3, 0.4) is 0 Å². The van der Waals surface area contributed by atoms with Crippen molar-refractivity contribution >= 4 is 5.97 Å². The van der Waals surface area contributed by atoms with Crippen LogP contribution in [0.4, 0.5) is 0 Å². The highest BCUT2D eigenvalue weighted by Crippen LogP contribution is 2.15. The summed E-state index contributed by atoms with van der Waals surface area (Å²) in [6, 6.07) is 7.66. The molecule has 0 fully saturated rings. The SMILES string of the molecule is C=CCOC(=O)[C@@H](N)C(O)c1ccccc1. The molecule has 2 atom stereocenters. The van der Waals surface area contributed by atoms with E-state index in [4.69, 9.17) is 10.5 Å². The number of ether oxygens (including phenoxy) is 1. The van der Waals surface area contributed by atoms with E-state index in [0.29, 0.717) is 5.56 Å². The van der Waals surface area contributed by atoms with Crippen molar-refractivity contribution < 1.29 is 14.6 Å². The van der Waals surface area contributed by atoms with Crippen molar-refractivity contribution in [3.63, 3.8) is 0 Å². The molecule has 16 heavy (non-hydrogen) atoms. The second kappa shape index (κ2) is 6.05. The summed E-state index contributed by atoms with van der Waals surface area (Å²) in [6.45, 7) is 3.51. The molecule has 0 aliphatic heterocycles. The van der Waals surface area contributed by atoms with Gasteiger partial charge in [0.05, 0.1) is 0 Å². The third-order valence-corrected chi connectivity index (χ3v) is 2.10. The van der Waals surface area contributed by atoms with Gasteiger partial charge in [0.15, 0.2) is 0 Å². The van der Waals surface area contributed by atoms with Gasteiger partial charge in [-0.05, 0) is 5.56 Å². The number of aliphatic hydroxyl groups excluding tert-OH is 1. The molecule has 0 spiro atoms. The predicted molar refractivity (Wildman–Crippen MR) is 60.5 cm³/mol. The normalized spacial score (nSPS) is 13.9. The number of benzene rings is 1. The number of carbonyl (C=O) groups is 1. The largest absolute Gasteiger partial charge is 0.460 e. The summed E-state index contributed by atoms with van der Waals surface area (Å²) >= 11 is 0. The molecule has 86 valence electrons. The van der Waals surface area contributed by atoms with E-state index in [1.165, 1.54) is 6.08 Å². The van der Waals surface area contributed by atoms with Gasteiger partial charge in [0.25, 0.3) is 0 Å². The quantitative estimate of drug-likeness (QED) is 0.569. The van der Waals surface area contributed by atoms with Crippen LogP contribution in [0.25, 0.3) is 0 Å². The fourth-order valence-electron chi connectivity index (χ4n) is 1.22. The molecule has 0 amide bonds. The number of hydrogen-bond donors (Lipinski definition) is 2. The van der Waals surface area contributed by atoms with E-state index in [1.807, 2.05) is 6.07 Å². The zero-order valence-corrected chi connectivity index (χ0v) is 8.87. The first kappa shape index (κ1) is 12.4. The predicted octanol–water partition coefficient (Wildman–Crippen LogP) is 0.776. The van der Waals surface area contributed by atoms with Crippen molar-refractivity contribution in [1.82, 2.24) is 0 Å². The molecular formula is C12H15NO3. The van der Waals surface area contributed by atoms with Gasteiger partial charge in [-0.15, -0.1) is 0 Å². The number of rotatable bonds is 5. The smallest absolute Gasteiger partial charge is 0.326 e. The fourth-order valence-corrected chi connectivity index (χ4v) is 1.22. The molecule has 0 aromatic heterocycles. The van der Waals surface area contributed by atoms with Crippen molar-refractivity contribution in [3.05, 3.63) is 48.6 Å². The first-order valence-electron chi connectivity index (χ1n) is 4.93. The monoisotopic (exact) mass is 221 g/mol. The molecule has 4 nitrogen and oxygen atoms in total. The van der Waals surface area contributed by atoms with Gasteiger partial charge in [-0.2, -0.15) is 0 Å². The Morgan fingerprint density at radius 1 is 1.50 bits per heavy atom. The minimum Gasteiger partial charge on any atom is -0.460 e. The van der Waals surface area contributed by atoms with Crippen LogP contribution >= 0.6 is 0 Å². The maximum absolute atomic E-state index is 11.4. The lowest BCUT2D eigenvalue weighted by Crippen LogP contribution is -2.38. The van der Waals surface area contributed by atoms with Crippen molar-refractivity contribution in [2.75, 3.05) is 6.61 Å². The van der Waals surface area contributed by atoms with E-state index in [1.54, 1.807) is 24.3 Å². The Labute approximate surface area is 94.3 Å². The standard InChI is InChI=1S/C12H15NO3/c1-2-8-16-12(15)10(13)11(14)9-6-4-3-5-7-9/h2-7,10-11,14H,1,8,13H2/t10-,11?/m0/s1. The Morgan fingerprint density at radius 3 is 2.69 bits per heavy atom. The summed E-state index contributed by atoms with van der Waals surface area (Å²) in [5.74, 6) is -0.642. The molecule has 1 unspecified atom stereocenters. The first-order valence-corrected chi connectivity index (χ1v) is 4.93. The van der Waals surface area contributed by atoms with E-state index < -0.39 is 18.1 Å². The molecular weight excluding hydrogens is 206 g/mol. The molecule has 0 aliphatic rings. The molecule has 1 rings (SSSR count). The molecule has 0 saturated heterocycles. The van der Waals surface area contributed by atoms with Gasteiger partial charge in [-0.1, -0.05) is 43.0 Å². The van der Waals surface area contributed by atoms with Crippen LogP contribution in [0.15, 0.2) is 43.0 Å². The van der Waals surface area contributed by atoms with Crippen molar-refractivity contribution in [3.8, 4) is 0 Å². The average Bonchev–Trinajstić information content (AvgIpc) is 2.35. The molecule has 0 heterocycles. The average molecular weight is 221 g/mol. The highest BCUT2D eigenvalue weighted by Gasteiger charge is 2.24. The van der Waals surface area contributed by atoms with Crippen LogP contribution in [0.5, 0.6) is 0 Å². The summed E-state index contributed by atoms with van der Waals surface area (Å²) in [5, 5.41) is 9.81. The van der Waals surface area contributed by atoms with Gasteiger partial charge in [-0.25, -0.2) is 0 Å². The highest BCUT2D eigenvalue weighted by molar-refractivity contribution is 5.76. The number of aliphatic hydroxyl groups is 1. The third-order valence-electron chi connectivity index (χ3n) is 2.10. The van der Waals surface area contributed by atoms with Crippen LogP contribution in [-0.4, -0.2) is 23.7 Å². The molecule has 4 heteroatoms. The topological polar surface area (TPSA) is 72.5 Å². The molecule has 0 bridgehead atoms. The zero-order valence-electron chi connectivity index (χ0n) is 8.87. The summed E-state index contributed by atoms with van der Waals surface area (Å²) in [6.07, 6.45) is 0.387. The second-order valence-corrected chi connectivity index (χ2v) is 3.30. The van der Waals surface area contributed by atoms with Crippen molar-refractivity contribution in [2.24, 2.45) is 5.73 Å². The van der Waals surface area contributed by atoms with Crippen LogP contribution in [0.2, 0.25) is 0 Å². The Morgan fingerprint density at radius 2 is 2.12 bits per heavy atom. The third kappa shape index (κ3) is 3.18. The maximum atomic E-state index is 11.4. The number of esters is 1. The fraction of sp³-hybridized carbons (Fsp3) is 0.250. The summed E-state index contributed by atoms with van der Waals surface area (Å²) < 4.78 is 4.75. The van der Waals surface area contributed by atoms with Gasteiger partial charge in [0, 0.05) is 0 Å². The van der Waals surface area contributed by atoms with E-state index in [0.717, 1.165) is 0 Å². The van der Waals surface area contributed by atoms with Crippen LogP contribution < -0.4 is 5.73 Å². The molecule has 0 aliphatic carbocycles.